The molecular formula is C44H30N2. The molecule has 0 N–H and O–H groups in total. The molecule has 2 aromatic heterocycles. The molecule has 0 unspecified atom stereocenters. The molecule has 2 nitrogen and oxygen atoms in total. The van der Waals surface area contributed by atoms with E-state index in [1.807, 2.05) is 0 Å². The van der Waals surface area contributed by atoms with Gasteiger partial charge in [0.25, 0.3) is 0 Å². The standard InChI is InChI=1S/C44H30N2/c1-2-11-33(12-3-1)45-42-17-9-7-15-38(42)40-27-30(21-25-43(40)45)31-20-23-39-37-14-6-8-16-41(37)46(44(39)28-31)34-22-24-36-32(26-34)19-18-29-10-4-5-13-35(29)36/h1-8,10-16,18-28H,9,17H2. The van der Waals surface area contributed by atoms with Gasteiger partial charge in [-0.05, 0) is 94.0 Å². The summed E-state index contributed by atoms with van der Waals surface area (Å²) in [6.07, 6.45) is 6.78. The van der Waals surface area contributed by atoms with Gasteiger partial charge in [0.2, 0.25) is 0 Å². The third-order valence-corrected chi connectivity index (χ3v) is 9.95. The Kier molecular flexibility index (Phi) is 5.44. The van der Waals surface area contributed by atoms with Gasteiger partial charge >= 0.3 is 0 Å². The molecule has 2 heteroatoms. The fraction of sp³-hybridized carbons (Fsp3) is 0.0455. The number of hydrogen-bond donors (Lipinski definition) is 0. The van der Waals surface area contributed by atoms with Crippen molar-refractivity contribution in [2.45, 2.75) is 12.8 Å². The fourth-order valence-electron chi connectivity index (χ4n) is 7.84. The second-order valence-corrected chi connectivity index (χ2v) is 12.5. The molecule has 1 aliphatic carbocycles. The Morgan fingerprint density at radius 3 is 2.04 bits per heavy atom. The van der Waals surface area contributed by atoms with E-state index in [2.05, 4.69) is 167 Å². The fourth-order valence-corrected chi connectivity index (χ4v) is 7.84. The molecule has 0 aliphatic heterocycles. The van der Waals surface area contributed by atoms with Crippen LogP contribution in [0, 0.1) is 0 Å². The molecule has 1 aliphatic rings. The first-order valence-electron chi connectivity index (χ1n) is 16.2. The maximum Gasteiger partial charge on any atom is 0.0547 e. The predicted octanol–water partition coefficient (Wildman–Crippen LogP) is 11.7. The van der Waals surface area contributed by atoms with Gasteiger partial charge in [0.05, 0.1) is 16.6 Å². The van der Waals surface area contributed by atoms with Crippen LogP contribution in [-0.2, 0) is 6.42 Å². The molecule has 0 fully saturated rings. The number of rotatable bonds is 3. The first-order chi connectivity index (χ1) is 22.8. The van der Waals surface area contributed by atoms with Crippen LogP contribution in [0.3, 0.4) is 0 Å². The van der Waals surface area contributed by atoms with E-state index in [1.165, 1.54) is 88.0 Å². The van der Waals surface area contributed by atoms with Crippen LogP contribution in [-0.4, -0.2) is 9.13 Å². The third-order valence-electron chi connectivity index (χ3n) is 9.95. The molecule has 0 bridgehead atoms. The van der Waals surface area contributed by atoms with Crippen molar-refractivity contribution in [3.63, 3.8) is 0 Å². The van der Waals surface area contributed by atoms with Gasteiger partial charge in [-0.25, -0.2) is 0 Å². The van der Waals surface area contributed by atoms with Gasteiger partial charge in [-0.2, -0.15) is 0 Å². The van der Waals surface area contributed by atoms with Crippen molar-refractivity contribution >= 4 is 60.3 Å². The molecule has 10 rings (SSSR count). The van der Waals surface area contributed by atoms with Crippen molar-refractivity contribution in [3.05, 3.63) is 163 Å². The van der Waals surface area contributed by atoms with E-state index < -0.39 is 0 Å². The van der Waals surface area contributed by atoms with E-state index >= 15 is 0 Å². The zero-order chi connectivity index (χ0) is 30.2. The lowest BCUT2D eigenvalue weighted by Crippen LogP contribution is -2.02. The zero-order valence-corrected chi connectivity index (χ0v) is 25.3. The Morgan fingerprint density at radius 2 is 1.11 bits per heavy atom. The van der Waals surface area contributed by atoms with E-state index in [-0.39, 0.29) is 0 Å². The second-order valence-electron chi connectivity index (χ2n) is 12.5. The molecule has 0 saturated heterocycles. The summed E-state index contributed by atoms with van der Waals surface area (Å²) in [4.78, 5) is 0. The van der Waals surface area contributed by atoms with E-state index in [9.17, 15) is 0 Å². The highest BCUT2D eigenvalue weighted by Crippen LogP contribution is 2.39. The zero-order valence-electron chi connectivity index (χ0n) is 25.3. The van der Waals surface area contributed by atoms with Gasteiger partial charge < -0.3 is 9.13 Å². The monoisotopic (exact) mass is 586 g/mol. The normalized spacial score (nSPS) is 13.0. The van der Waals surface area contributed by atoms with Crippen LogP contribution in [0.5, 0.6) is 0 Å². The van der Waals surface area contributed by atoms with Crippen LogP contribution in [0.1, 0.15) is 17.7 Å². The average Bonchev–Trinajstić information content (AvgIpc) is 3.64. The third kappa shape index (κ3) is 3.71. The highest BCUT2D eigenvalue weighted by Gasteiger charge is 2.20. The van der Waals surface area contributed by atoms with Crippen LogP contribution >= 0.6 is 0 Å². The molecule has 7 aromatic carbocycles. The summed E-state index contributed by atoms with van der Waals surface area (Å²) < 4.78 is 4.90. The van der Waals surface area contributed by atoms with Crippen LogP contribution in [0.4, 0.5) is 0 Å². The summed E-state index contributed by atoms with van der Waals surface area (Å²) in [5.74, 6) is 0. The maximum absolute atomic E-state index is 2.46. The average molecular weight is 587 g/mol. The van der Waals surface area contributed by atoms with Gasteiger partial charge in [0.1, 0.15) is 0 Å². The minimum atomic E-state index is 1.05. The van der Waals surface area contributed by atoms with Gasteiger partial charge in [-0.3, -0.25) is 0 Å². The van der Waals surface area contributed by atoms with Crippen molar-refractivity contribution < 1.29 is 0 Å². The van der Waals surface area contributed by atoms with Crippen molar-refractivity contribution in [3.8, 4) is 22.5 Å². The Morgan fingerprint density at radius 1 is 0.413 bits per heavy atom. The lowest BCUT2D eigenvalue weighted by Gasteiger charge is -2.13. The quantitative estimate of drug-likeness (QED) is 0.182. The maximum atomic E-state index is 2.46. The van der Waals surface area contributed by atoms with Gasteiger partial charge in [-0.15, -0.1) is 0 Å². The summed E-state index contributed by atoms with van der Waals surface area (Å²) in [7, 11) is 0. The van der Waals surface area contributed by atoms with Gasteiger partial charge in [0, 0.05) is 38.8 Å². The van der Waals surface area contributed by atoms with Crippen LogP contribution in [0.25, 0.3) is 82.8 Å². The van der Waals surface area contributed by atoms with Gasteiger partial charge in [-0.1, -0.05) is 109 Å². The van der Waals surface area contributed by atoms with E-state index in [0.717, 1.165) is 12.8 Å². The highest BCUT2D eigenvalue weighted by molar-refractivity contribution is 6.12. The lowest BCUT2D eigenvalue weighted by atomic mass is 9.98. The Hall–Kier alpha value is -5.86. The molecule has 46 heavy (non-hydrogen) atoms. The first kappa shape index (κ1) is 25.5. The van der Waals surface area contributed by atoms with Gasteiger partial charge in [0.15, 0.2) is 0 Å². The molecule has 0 atom stereocenters. The molecule has 0 saturated carbocycles. The molecule has 9 aromatic rings. The Balaban J connectivity index is 1.18. The number of hydrogen-bond acceptors (Lipinski definition) is 0. The van der Waals surface area contributed by atoms with E-state index in [4.69, 9.17) is 0 Å². The number of fused-ring (bicyclic) bond motifs is 9. The number of benzene rings is 7. The van der Waals surface area contributed by atoms with Crippen molar-refractivity contribution in [1.82, 2.24) is 9.13 Å². The van der Waals surface area contributed by atoms with Crippen LogP contribution in [0.2, 0.25) is 0 Å². The summed E-state index contributed by atoms with van der Waals surface area (Å²) in [5.41, 5.74) is 11.4. The summed E-state index contributed by atoms with van der Waals surface area (Å²) in [6, 6.07) is 53.7. The number of para-hydroxylation sites is 2. The first-order valence-corrected chi connectivity index (χ1v) is 16.2. The van der Waals surface area contributed by atoms with Crippen LogP contribution < -0.4 is 0 Å². The number of allylic oxidation sites excluding steroid dienone is 1. The number of aromatic nitrogens is 2. The topological polar surface area (TPSA) is 9.86 Å². The minimum Gasteiger partial charge on any atom is -0.313 e. The summed E-state index contributed by atoms with van der Waals surface area (Å²) >= 11 is 0. The lowest BCUT2D eigenvalue weighted by molar-refractivity contribution is 0.888. The summed E-state index contributed by atoms with van der Waals surface area (Å²) in [6.45, 7) is 0. The predicted molar refractivity (Wildman–Crippen MR) is 195 cm³/mol. The summed E-state index contributed by atoms with van der Waals surface area (Å²) in [5, 5.41) is 8.98. The second kappa shape index (κ2) is 9.82. The van der Waals surface area contributed by atoms with Crippen molar-refractivity contribution in [1.29, 1.82) is 0 Å². The SMILES string of the molecule is C1=Cc2c(n(-c3ccccc3)c3ccc(-c4ccc5c6ccccc6n(-c6ccc7c(ccc8ccccc87)c6)c5c4)cc23)CC1. The highest BCUT2D eigenvalue weighted by atomic mass is 15.0. The minimum absolute atomic E-state index is 1.05. The Bertz CT molecular complexity index is 2680. The molecule has 216 valence electrons. The smallest absolute Gasteiger partial charge is 0.0547 e. The van der Waals surface area contributed by atoms with Crippen molar-refractivity contribution in [2.24, 2.45) is 0 Å². The van der Waals surface area contributed by atoms with Crippen LogP contribution in [0.15, 0.2) is 152 Å². The Labute approximate surface area is 267 Å². The van der Waals surface area contributed by atoms with E-state index in [1.54, 1.807) is 0 Å². The molecule has 0 amide bonds. The number of nitrogens with zero attached hydrogens (tertiary/aromatic N) is 2. The molecule has 0 radical (unpaired) electrons. The molecule has 2 heterocycles. The largest absolute Gasteiger partial charge is 0.313 e. The van der Waals surface area contributed by atoms with E-state index in [0.29, 0.717) is 0 Å². The van der Waals surface area contributed by atoms with Crippen molar-refractivity contribution in [2.75, 3.05) is 0 Å². The molecule has 0 spiro atoms. The molecular weight excluding hydrogens is 556 g/mol.